The fourth-order valence-electron chi connectivity index (χ4n) is 3.70. The molecule has 4 aromatic rings. The molecule has 0 spiro atoms. The predicted octanol–water partition coefficient (Wildman–Crippen LogP) is 3.52. The number of nitrogens with one attached hydrogen (secondary N) is 4. The van der Waals surface area contributed by atoms with Gasteiger partial charge in [-0.1, -0.05) is 0 Å². The smallest absolute Gasteiger partial charge is 0.326 e. The molecule has 5 rings (SSSR count). The second-order valence-electron chi connectivity index (χ2n) is 7.71. The van der Waals surface area contributed by atoms with Gasteiger partial charge in [-0.3, -0.25) is 5.10 Å². The van der Waals surface area contributed by atoms with E-state index in [2.05, 4.69) is 40.7 Å². The maximum absolute atomic E-state index is 15.0. The summed E-state index contributed by atoms with van der Waals surface area (Å²) in [7, 11) is 0. The lowest BCUT2D eigenvalue weighted by Crippen LogP contribution is -2.43. The molecule has 32 heavy (non-hydrogen) atoms. The van der Waals surface area contributed by atoms with Crippen molar-refractivity contribution < 1.29 is 13.5 Å². The highest BCUT2D eigenvalue weighted by atomic mass is 19.1. The van der Waals surface area contributed by atoms with Crippen molar-refractivity contribution >= 4 is 28.4 Å². The molecule has 0 amide bonds. The Bertz CT molecular complexity index is 1280. The van der Waals surface area contributed by atoms with Gasteiger partial charge in [0.2, 0.25) is 0 Å². The zero-order chi connectivity index (χ0) is 22.2. The lowest BCUT2D eigenvalue weighted by molar-refractivity contribution is 0.410. The number of fused-ring (bicyclic) bond motifs is 1. The molecule has 166 valence electrons. The fourth-order valence-corrected chi connectivity index (χ4v) is 3.70. The number of piperazine rings is 1. The van der Waals surface area contributed by atoms with Gasteiger partial charge in [0.05, 0.1) is 5.52 Å². The third-order valence-corrected chi connectivity index (χ3v) is 5.20. The third kappa shape index (κ3) is 3.94. The van der Waals surface area contributed by atoms with Crippen LogP contribution in [0.3, 0.4) is 0 Å². The van der Waals surface area contributed by atoms with Crippen LogP contribution in [0.5, 0.6) is 11.8 Å². The minimum atomic E-state index is -0.681. The topological polar surface area (TPSA) is 107 Å². The molecule has 3 aromatic heterocycles. The Morgan fingerprint density at radius 2 is 1.81 bits per heavy atom. The second-order valence-corrected chi connectivity index (χ2v) is 7.71. The Morgan fingerprint density at radius 3 is 2.56 bits per heavy atom. The molecule has 11 heteroatoms. The Labute approximate surface area is 182 Å². The number of benzene rings is 1. The van der Waals surface area contributed by atoms with Crippen LogP contribution < -0.4 is 20.3 Å². The summed E-state index contributed by atoms with van der Waals surface area (Å²) in [6, 6.07) is 6.03. The average molecular weight is 440 g/mol. The second kappa shape index (κ2) is 8.08. The molecule has 0 saturated carbocycles. The maximum Gasteiger partial charge on any atom is 0.326 e. The van der Waals surface area contributed by atoms with E-state index < -0.39 is 11.6 Å². The highest BCUT2D eigenvalue weighted by Crippen LogP contribution is 2.33. The van der Waals surface area contributed by atoms with Gasteiger partial charge in [0.15, 0.2) is 23.2 Å². The summed E-state index contributed by atoms with van der Waals surface area (Å²) in [5, 5.41) is 13.5. The molecule has 0 unspecified atom stereocenters. The minimum absolute atomic E-state index is 0.0964. The number of halogens is 2. The van der Waals surface area contributed by atoms with Gasteiger partial charge < -0.3 is 25.3 Å². The number of ether oxygens (including phenoxy) is 1. The molecule has 1 aromatic carbocycles. The van der Waals surface area contributed by atoms with Crippen molar-refractivity contribution in [3.63, 3.8) is 0 Å². The summed E-state index contributed by atoms with van der Waals surface area (Å²) in [6.07, 6.45) is 0. The van der Waals surface area contributed by atoms with Crippen molar-refractivity contribution in [2.24, 2.45) is 0 Å². The van der Waals surface area contributed by atoms with E-state index in [-0.39, 0.29) is 22.7 Å². The first-order chi connectivity index (χ1) is 15.5. The van der Waals surface area contributed by atoms with Crippen molar-refractivity contribution in [3.8, 4) is 11.8 Å². The van der Waals surface area contributed by atoms with E-state index in [0.717, 1.165) is 37.9 Å². The first-order valence-electron chi connectivity index (χ1n) is 10.3. The molecule has 4 heterocycles. The Balaban J connectivity index is 1.52. The van der Waals surface area contributed by atoms with Crippen LogP contribution in [0.2, 0.25) is 0 Å². The van der Waals surface area contributed by atoms with E-state index in [1.54, 1.807) is 13.0 Å². The molecule has 0 aliphatic carbocycles. The summed E-state index contributed by atoms with van der Waals surface area (Å²) in [4.78, 5) is 13.7. The molecule has 0 bridgehead atoms. The lowest BCUT2D eigenvalue weighted by atomic mass is 10.2. The van der Waals surface area contributed by atoms with Gasteiger partial charge in [-0.25, -0.2) is 8.78 Å². The van der Waals surface area contributed by atoms with Crippen LogP contribution in [0, 0.1) is 25.5 Å². The molecule has 1 fully saturated rings. The number of anilines is 3. The van der Waals surface area contributed by atoms with Crippen LogP contribution in [0.15, 0.2) is 24.3 Å². The molecular weight excluding hydrogens is 418 g/mol. The van der Waals surface area contributed by atoms with Gasteiger partial charge in [0.25, 0.3) is 0 Å². The minimum Gasteiger partial charge on any atom is -0.421 e. The lowest BCUT2D eigenvalue weighted by Gasteiger charge is -2.28. The van der Waals surface area contributed by atoms with Gasteiger partial charge in [0, 0.05) is 61.2 Å². The number of aryl methyl sites for hydroxylation is 2. The average Bonchev–Trinajstić information content (AvgIpc) is 3.38. The predicted molar refractivity (Wildman–Crippen MR) is 117 cm³/mol. The Kier molecular flexibility index (Phi) is 5.10. The number of rotatable bonds is 5. The van der Waals surface area contributed by atoms with Crippen LogP contribution in [0.1, 0.15) is 11.4 Å². The monoisotopic (exact) mass is 440 g/mol. The summed E-state index contributed by atoms with van der Waals surface area (Å²) >= 11 is 0. The van der Waals surface area contributed by atoms with Crippen molar-refractivity contribution in [1.29, 1.82) is 0 Å². The van der Waals surface area contributed by atoms with Crippen LogP contribution in [0.25, 0.3) is 10.9 Å². The Hall–Kier alpha value is -3.73. The van der Waals surface area contributed by atoms with E-state index in [9.17, 15) is 4.39 Å². The zero-order valence-corrected chi connectivity index (χ0v) is 17.6. The molecular formula is C21H22F2N8O. The standard InChI is InChI=1S/C21H22F2N8O/c1-11-7-13-19(23)15(9-14(22)20(13)25-11)32-21-27-16(26-17-8-12(2)29-30-17)10-18(28-21)31-5-3-24-4-6-31/h7-10,24-25H,3-6H2,1-2H3,(H2,26,27,28,29,30). The number of aromatic amines is 2. The van der Waals surface area contributed by atoms with E-state index >= 15 is 4.39 Å². The molecule has 0 radical (unpaired) electrons. The van der Waals surface area contributed by atoms with Gasteiger partial charge in [-0.15, -0.1) is 0 Å². The number of aromatic nitrogens is 5. The van der Waals surface area contributed by atoms with E-state index in [1.807, 2.05) is 13.0 Å². The van der Waals surface area contributed by atoms with Crippen LogP contribution >= 0.6 is 0 Å². The summed E-state index contributed by atoms with van der Waals surface area (Å²) < 4.78 is 35.2. The summed E-state index contributed by atoms with van der Waals surface area (Å²) in [5.41, 5.74) is 1.62. The molecule has 1 aliphatic heterocycles. The molecule has 1 saturated heterocycles. The quantitative estimate of drug-likeness (QED) is 0.376. The van der Waals surface area contributed by atoms with E-state index in [0.29, 0.717) is 23.1 Å². The van der Waals surface area contributed by atoms with Crippen molar-refractivity contribution in [2.45, 2.75) is 13.8 Å². The number of hydrogen-bond donors (Lipinski definition) is 4. The van der Waals surface area contributed by atoms with E-state index in [1.165, 1.54) is 6.07 Å². The van der Waals surface area contributed by atoms with Crippen molar-refractivity contribution in [2.75, 3.05) is 36.4 Å². The molecule has 0 atom stereocenters. The molecule has 1 aliphatic rings. The zero-order valence-electron chi connectivity index (χ0n) is 17.6. The third-order valence-electron chi connectivity index (χ3n) is 5.20. The van der Waals surface area contributed by atoms with Crippen LogP contribution in [0.4, 0.5) is 26.2 Å². The Morgan fingerprint density at radius 1 is 1.00 bits per heavy atom. The van der Waals surface area contributed by atoms with Gasteiger partial charge in [0.1, 0.15) is 11.6 Å². The van der Waals surface area contributed by atoms with Crippen LogP contribution in [-0.4, -0.2) is 51.3 Å². The summed E-state index contributed by atoms with van der Waals surface area (Å²) in [6.45, 7) is 6.73. The molecule has 4 N–H and O–H groups in total. The SMILES string of the molecule is Cc1cc(Nc2cc(N3CCNCC3)nc(Oc3cc(F)c4[nH]c(C)cc4c3F)n2)n[nH]1. The van der Waals surface area contributed by atoms with Gasteiger partial charge in [-0.05, 0) is 19.9 Å². The summed E-state index contributed by atoms with van der Waals surface area (Å²) in [5.74, 6) is 0.0283. The fraction of sp³-hybridized carbons (Fsp3) is 0.286. The van der Waals surface area contributed by atoms with Gasteiger partial charge in [-0.2, -0.15) is 15.1 Å². The van der Waals surface area contributed by atoms with Crippen molar-refractivity contribution in [1.82, 2.24) is 30.5 Å². The van der Waals surface area contributed by atoms with Crippen molar-refractivity contribution in [3.05, 3.63) is 47.3 Å². The first kappa shape index (κ1) is 20.2. The first-order valence-corrected chi connectivity index (χ1v) is 10.3. The molecule has 9 nitrogen and oxygen atoms in total. The van der Waals surface area contributed by atoms with E-state index in [4.69, 9.17) is 4.74 Å². The maximum atomic E-state index is 15.0. The number of H-pyrrole nitrogens is 2. The number of hydrogen-bond acceptors (Lipinski definition) is 7. The number of nitrogens with zero attached hydrogens (tertiary/aromatic N) is 4. The highest BCUT2D eigenvalue weighted by Gasteiger charge is 2.20. The van der Waals surface area contributed by atoms with Crippen LogP contribution in [-0.2, 0) is 0 Å². The van der Waals surface area contributed by atoms with Gasteiger partial charge >= 0.3 is 6.01 Å². The highest BCUT2D eigenvalue weighted by molar-refractivity contribution is 5.83. The normalized spacial score (nSPS) is 14.2. The largest absolute Gasteiger partial charge is 0.421 e.